The fourth-order valence-electron chi connectivity index (χ4n) is 3.93. The molecule has 1 N–H and O–H groups in total. The first-order valence-corrected chi connectivity index (χ1v) is 9.97. The lowest BCUT2D eigenvalue weighted by atomic mass is 9.75. The first-order valence-electron chi connectivity index (χ1n) is 8.12. The molecule has 2 saturated heterocycles. The van der Waals surface area contributed by atoms with Crippen LogP contribution in [0.15, 0.2) is 24.4 Å². The van der Waals surface area contributed by atoms with E-state index >= 15 is 0 Å². The van der Waals surface area contributed by atoms with Gasteiger partial charge in [0.05, 0.1) is 17.4 Å². The Kier molecular flexibility index (Phi) is 4.63. The van der Waals surface area contributed by atoms with E-state index in [0.717, 1.165) is 24.9 Å². The summed E-state index contributed by atoms with van der Waals surface area (Å²) < 4.78 is 25.1. The molecule has 2 aliphatic rings. The van der Waals surface area contributed by atoms with E-state index in [9.17, 15) is 18.3 Å². The van der Waals surface area contributed by atoms with Crippen molar-refractivity contribution in [1.29, 1.82) is 0 Å². The van der Waals surface area contributed by atoms with E-state index in [2.05, 4.69) is 9.88 Å². The molecule has 8 heteroatoms. The molecule has 0 spiro atoms. The van der Waals surface area contributed by atoms with Gasteiger partial charge < -0.3 is 5.11 Å². The molecule has 1 aromatic rings. The molecule has 0 aromatic carbocycles. The molecule has 0 aliphatic carbocycles. The summed E-state index contributed by atoms with van der Waals surface area (Å²) in [6.45, 7) is 2.41. The first-order chi connectivity index (χ1) is 11.3. The van der Waals surface area contributed by atoms with E-state index in [1.807, 2.05) is 18.2 Å². The minimum atomic E-state index is -3.38. The van der Waals surface area contributed by atoms with E-state index in [-0.39, 0.29) is 19.0 Å². The van der Waals surface area contributed by atoms with Crippen LogP contribution in [0.5, 0.6) is 0 Å². The zero-order chi connectivity index (χ0) is 17.4. The average Bonchev–Trinajstić information content (AvgIpc) is 2.80. The molecular weight excluding hydrogens is 330 g/mol. The van der Waals surface area contributed by atoms with Crippen molar-refractivity contribution in [3.05, 3.63) is 30.1 Å². The van der Waals surface area contributed by atoms with Gasteiger partial charge in [0.1, 0.15) is 0 Å². The smallest absolute Gasteiger partial charge is 0.311 e. The normalized spacial score (nSPS) is 29.1. The summed E-state index contributed by atoms with van der Waals surface area (Å²) in [6.07, 6.45) is 4.15. The van der Waals surface area contributed by atoms with Gasteiger partial charge in [-0.05, 0) is 31.5 Å². The maximum atomic E-state index is 12.0. The molecule has 3 heterocycles. The zero-order valence-electron chi connectivity index (χ0n) is 13.8. The molecule has 1 aromatic heterocycles. The number of aliphatic carboxylic acids is 1. The molecule has 2 fully saturated rings. The number of sulfonamides is 1. The molecule has 132 valence electrons. The van der Waals surface area contributed by atoms with Gasteiger partial charge in [0.25, 0.3) is 0 Å². The molecular formula is C16H23N3O4S. The second kappa shape index (κ2) is 6.42. The van der Waals surface area contributed by atoms with Gasteiger partial charge in [-0.2, -0.15) is 0 Å². The summed E-state index contributed by atoms with van der Waals surface area (Å²) in [5.41, 5.74) is -0.0274. The van der Waals surface area contributed by atoms with Crippen molar-refractivity contribution in [2.75, 3.05) is 32.4 Å². The van der Waals surface area contributed by atoms with Crippen LogP contribution in [0.1, 0.15) is 18.5 Å². The third kappa shape index (κ3) is 3.31. The van der Waals surface area contributed by atoms with E-state index in [4.69, 9.17) is 0 Å². The van der Waals surface area contributed by atoms with Crippen LogP contribution in [0.2, 0.25) is 0 Å². The van der Waals surface area contributed by atoms with E-state index in [0.29, 0.717) is 19.5 Å². The van der Waals surface area contributed by atoms with Gasteiger partial charge in [-0.25, -0.2) is 12.7 Å². The fourth-order valence-corrected chi connectivity index (χ4v) is 4.85. The number of carbonyl (C=O) groups is 1. The molecule has 0 unspecified atom stereocenters. The highest BCUT2D eigenvalue weighted by Crippen LogP contribution is 2.43. The lowest BCUT2D eigenvalue weighted by molar-refractivity contribution is -0.150. The molecule has 2 atom stereocenters. The Morgan fingerprint density at radius 2 is 2.21 bits per heavy atom. The van der Waals surface area contributed by atoms with Crippen LogP contribution in [-0.2, 0) is 21.4 Å². The number of carboxylic acid groups (broad SMARTS) is 1. The summed E-state index contributed by atoms with van der Waals surface area (Å²) in [5.74, 6) is -1.07. The zero-order valence-corrected chi connectivity index (χ0v) is 14.6. The maximum absolute atomic E-state index is 12.0. The van der Waals surface area contributed by atoms with Crippen molar-refractivity contribution in [2.24, 2.45) is 11.3 Å². The molecule has 3 rings (SSSR count). The van der Waals surface area contributed by atoms with Gasteiger partial charge in [0.2, 0.25) is 10.0 Å². The Balaban J connectivity index is 1.82. The first kappa shape index (κ1) is 17.3. The topological polar surface area (TPSA) is 90.8 Å². The molecule has 0 saturated carbocycles. The van der Waals surface area contributed by atoms with Gasteiger partial charge in [-0.15, -0.1) is 0 Å². The summed E-state index contributed by atoms with van der Waals surface area (Å²) in [4.78, 5) is 18.5. The average molecular weight is 353 g/mol. The van der Waals surface area contributed by atoms with E-state index in [1.54, 1.807) is 6.20 Å². The van der Waals surface area contributed by atoms with Gasteiger partial charge in [-0.1, -0.05) is 6.07 Å². The van der Waals surface area contributed by atoms with Crippen LogP contribution in [-0.4, -0.2) is 66.1 Å². The SMILES string of the molecule is CS(=O)(=O)N1C[C@@H]2CN(Cc3ccccn3)CCC[C@]2(C(=O)O)C1. The van der Waals surface area contributed by atoms with Crippen LogP contribution in [0.4, 0.5) is 0 Å². The maximum Gasteiger partial charge on any atom is 0.311 e. The van der Waals surface area contributed by atoms with Gasteiger partial charge in [0.15, 0.2) is 0 Å². The molecule has 0 radical (unpaired) electrons. The minimum Gasteiger partial charge on any atom is -0.481 e. The lowest BCUT2D eigenvalue weighted by Crippen LogP contribution is -2.41. The molecule has 2 aliphatic heterocycles. The summed E-state index contributed by atoms with van der Waals surface area (Å²) in [5, 5.41) is 9.83. The van der Waals surface area contributed by atoms with E-state index < -0.39 is 21.4 Å². The van der Waals surface area contributed by atoms with Crippen LogP contribution in [0.3, 0.4) is 0 Å². The minimum absolute atomic E-state index is 0.0866. The summed E-state index contributed by atoms with van der Waals surface area (Å²) in [6, 6.07) is 5.75. The fraction of sp³-hybridized carbons (Fsp3) is 0.625. The molecule has 24 heavy (non-hydrogen) atoms. The number of pyridine rings is 1. The van der Waals surface area contributed by atoms with Gasteiger partial charge in [-0.3, -0.25) is 14.7 Å². The highest BCUT2D eigenvalue weighted by atomic mass is 32.2. The third-order valence-corrected chi connectivity index (χ3v) is 6.46. The molecule has 0 amide bonds. The number of likely N-dealkylation sites (tertiary alicyclic amines) is 1. The van der Waals surface area contributed by atoms with Crippen molar-refractivity contribution in [2.45, 2.75) is 19.4 Å². The Morgan fingerprint density at radius 1 is 1.42 bits per heavy atom. The number of carboxylic acids is 1. The second-order valence-corrected chi connectivity index (χ2v) is 8.86. The predicted octanol–water partition coefficient (Wildman–Crippen LogP) is 0.640. The van der Waals surface area contributed by atoms with E-state index in [1.165, 1.54) is 4.31 Å². The Hall–Kier alpha value is -1.51. The van der Waals surface area contributed by atoms with Crippen molar-refractivity contribution >= 4 is 16.0 Å². The Bertz CT molecular complexity index is 709. The van der Waals surface area contributed by atoms with Crippen LogP contribution in [0.25, 0.3) is 0 Å². The lowest BCUT2D eigenvalue weighted by Gasteiger charge is -2.29. The van der Waals surface area contributed by atoms with Gasteiger partial charge >= 0.3 is 5.97 Å². The quantitative estimate of drug-likeness (QED) is 0.854. The number of rotatable bonds is 4. The Morgan fingerprint density at radius 3 is 2.83 bits per heavy atom. The molecule has 7 nitrogen and oxygen atoms in total. The largest absolute Gasteiger partial charge is 0.481 e. The van der Waals surface area contributed by atoms with Crippen molar-refractivity contribution in [1.82, 2.24) is 14.2 Å². The number of aromatic nitrogens is 1. The Labute approximate surface area is 142 Å². The highest BCUT2D eigenvalue weighted by Gasteiger charge is 2.55. The highest BCUT2D eigenvalue weighted by molar-refractivity contribution is 7.88. The van der Waals surface area contributed by atoms with Gasteiger partial charge in [0, 0.05) is 38.3 Å². The standard InChI is InChI=1S/C16H23N3O4S/c1-24(22,23)19-10-13-9-18(11-14-5-2-3-7-17-14)8-4-6-16(13,12-19)15(20)21/h2-3,5,7,13H,4,6,8-12H2,1H3,(H,20,21)/t13-,16-/m0/s1. The van der Waals surface area contributed by atoms with Crippen LogP contribution >= 0.6 is 0 Å². The van der Waals surface area contributed by atoms with Crippen molar-refractivity contribution < 1.29 is 18.3 Å². The number of hydrogen-bond acceptors (Lipinski definition) is 5. The summed E-state index contributed by atoms with van der Waals surface area (Å²) in [7, 11) is -3.38. The monoisotopic (exact) mass is 353 g/mol. The van der Waals surface area contributed by atoms with Crippen molar-refractivity contribution in [3.63, 3.8) is 0 Å². The van der Waals surface area contributed by atoms with Crippen LogP contribution in [0, 0.1) is 11.3 Å². The number of fused-ring (bicyclic) bond motifs is 1. The summed E-state index contributed by atoms with van der Waals surface area (Å²) >= 11 is 0. The second-order valence-electron chi connectivity index (χ2n) is 6.87. The van der Waals surface area contributed by atoms with Crippen molar-refractivity contribution in [3.8, 4) is 0 Å². The third-order valence-electron chi connectivity index (χ3n) is 5.25. The number of hydrogen-bond donors (Lipinski definition) is 1. The predicted molar refractivity (Wildman–Crippen MR) is 88.7 cm³/mol. The molecule has 0 bridgehead atoms. The number of nitrogens with zero attached hydrogens (tertiary/aromatic N) is 3. The van der Waals surface area contributed by atoms with Crippen LogP contribution < -0.4 is 0 Å².